The molecule has 7 rings (SSSR count). The van der Waals surface area contributed by atoms with Crippen molar-refractivity contribution >= 4 is 11.8 Å². The fraction of sp³-hybridized carbons (Fsp3) is 0.200. The lowest BCUT2D eigenvalue weighted by atomic mass is 10.1. The molecule has 2 atom stereocenters. The van der Waals surface area contributed by atoms with Crippen LogP contribution in [0.25, 0.3) is 0 Å². The molecule has 5 aromatic carbocycles. The van der Waals surface area contributed by atoms with Gasteiger partial charge in [-0.2, -0.15) is 0 Å². The van der Waals surface area contributed by atoms with Gasteiger partial charge in [0.15, 0.2) is 0 Å². The summed E-state index contributed by atoms with van der Waals surface area (Å²) < 4.78 is 24.7. The first kappa shape index (κ1) is 29.4. The molecular weight excluding hydrogens is 572 g/mol. The summed E-state index contributed by atoms with van der Waals surface area (Å²) in [5, 5.41) is 0. The first-order valence-corrected chi connectivity index (χ1v) is 15.8. The van der Waals surface area contributed by atoms with E-state index in [-0.39, 0.29) is 12.1 Å². The third-order valence-corrected chi connectivity index (χ3v) is 8.07. The van der Waals surface area contributed by atoms with Crippen LogP contribution < -0.4 is 9.47 Å². The van der Waals surface area contributed by atoms with E-state index >= 15 is 0 Å². The van der Waals surface area contributed by atoms with Gasteiger partial charge in [0, 0.05) is 0 Å². The van der Waals surface area contributed by atoms with Crippen molar-refractivity contribution in [1.82, 2.24) is 0 Å². The molecule has 0 aliphatic carbocycles. The molecule has 0 fully saturated rings. The molecule has 0 saturated carbocycles. The molecule has 2 aliphatic rings. The predicted octanol–water partition coefficient (Wildman–Crippen LogP) is 7.62. The molecule has 0 radical (unpaired) electrons. The summed E-state index contributed by atoms with van der Waals surface area (Å²) in [6, 6.07) is 45.1. The molecule has 0 spiro atoms. The van der Waals surface area contributed by atoms with Gasteiger partial charge in [-0.1, -0.05) is 103 Å². The van der Waals surface area contributed by atoms with Crippen molar-refractivity contribution < 1.29 is 18.9 Å². The summed E-state index contributed by atoms with van der Waals surface area (Å²) in [6.45, 7) is 1.96. The molecule has 230 valence electrons. The zero-order chi connectivity index (χ0) is 31.0. The third kappa shape index (κ3) is 7.29. The van der Waals surface area contributed by atoms with Crippen molar-refractivity contribution in [1.29, 1.82) is 0 Å². The van der Waals surface area contributed by atoms with Gasteiger partial charge in [-0.05, 0) is 65.4 Å². The maximum Gasteiger partial charge on any atom is 0.220 e. The average molecular weight is 609 g/mol. The van der Waals surface area contributed by atoms with Crippen LogP contribution in [0.5, 0.6) is 11.5 Å². The third-order valence-electron chi connectivity index (χ3n) is 8.07. The Balaban J connectivity index is 0.977. The molecule has 46 heavy (non-hydrogen) atoms. The molecule has 6 nitrogen and oxygen atoms in total. The molecular formula is C40H36N2O4. The number of aliphatic imine (C=N–C) groups is 2. The van der Waals surface area contributed by atoms with E-state index in [1.54, 1.807) is 0 Å². The van der Waals surface area contributed by atoms with Gasteiger partial charge in [0.2, 0.25) is 11.8 Å². The van der Waals surface area contributed by atoms with Crippen LogP contribution in [-0.2, 0) is 35.5 Å². The van der Waals surface area contributed by atoms with E-state index in [2.05, 4.69) is 66.7 Å². The van der Waals surface area contributed by atoms with Crippen molar-refractivity contribution in [3.63, 3.8) is 0 Å². The zero-order valence-electron chi connectivity index (χ0n) is 25.6. The molecule has 0 N–H and O–H groups in total. The smallest absolute Gasteiger partial charge is 0.220 e. The van der Waals surface area contributed by atoms with Gasteiger partial charge in [0.05, 0.1) is 23.2 Å². The Bertz CT molecular complexity index is 1690. The summed E-state index contributed by atoms with van der Waals surface area (Å²) in [5.74, 6) is 2.78. The number of hydrogen-bond donors (Lipinski definition) is 0. The van der Waals surface area contributed by atoms with Gasteiger partial charge in [0.1, 0.15) is 37.9 Å². The minimum atomic E-state index is 0.0929. The molecule has 2 heterocycles. The highest BCUT2D eigenvalue weighted by Gasteiger charge is 2.24. The lowest BCUT2D eigenvalue weighted by molar-refractivity contribution is 0.293. The van der Waals surface area contributed by atoms with Gasteiger partial charge in [0.25, 0.3) is 0 Å². The molecule has 6 heteroatoms. The Morgan fingerprint density at radius 3 is 1.37 bits per heavy atom. The summed E-state index contributed by atoms with van der Waals surface area (Å²) in [5.41, 5.74) is 6.35. The second-order valence-corrected chi connectivity index (χ2v) is 11.6. The van der Waals surface area contributed by atoms with Gasteiger partial charge in [-0.25, -0.2) is 9.98 Å². The van der Waals surface area contributed by atoms with Crippen LogP contribution in [0.1, 0.15) is 33.4 Å². The van der Waals surface area contributed by atoms with Crippen LogP contribution in [0.3, 0.4) is 0 Å². The lowest BCUT2D eigenvalue weighted by Crippen LogP contribution is -2.09. The number of hydrogen-bond acceptors (Lipinski definition) is 6. The number of ether oxygens (including phenoxy) is 4. The van der Waals surface area contributed by atoms with Crippen LogP contribution >= 0.6 is 0 Å². The van der Waals surface area contributed by atoms with E-state index in [0.717, 1.165) is 46.6 Å². The number of benzene rings is 5. The molecule has 0 unspecified atom stereocenters. The second-order valence-electron chi connectivity index (χ2n) is 11.6. The fourth-order valence-corrected chi connectivity index (χ4v) is 5.78. The minimum Gasteiger partial charge on any atom is -0.488 e. The van der Waals surface area contributed by atoms with E-state index in [1.165, 1.54) is 11.1 Å². The van der Waals surface area contributed by atoms with E-state index in [9.17, 15) is 0 Å². The van der Waals surface area contributed by atoms with Gasteiger partial charge in [-0.15, -0.1) is 0 Å². The average Bonchev–Trinajstić information content (AvgIpc) is 3.78. The van der Waals surface area contributed by atoms with E-state index in [1.807, 2.05) is 66.7 Å². The van der Waals surface area contributed by atoms with Gasteiger partial charge < -0.3 is 18.9 Å². The molecule has 0 saturated heterocycles. The summed E-state index contributed by atoms with van der Waals surface area (Å²) in [7, 11) is 0. The highest BCUT2D eigenvalue weighted by Crippen LogP contribution is 2.27. The highest BCUT2D eigenvalue weighted by molar-refractivity contribution is 5.98. The van der Waals surface area contributed by atoms with Crippen LogP contribution in [0.15, 0.2) is 143 Å². The standard InChI is InChI=1S/C40H36N2O4/c1-3-12-29(13-4-1)23-33-27-45-39(41-33)35-18-7-9-20-37(35)43-25-31-16-11-17-32(22-31)26-44-38-21-10-8-19-36(38)40-42-34(28-46-40)24-30-14-5-2-6-15-30/h1-22,33-34H,23-28H2/t33-,34-/m0/s1. The number of nitrogens with zero attached hydrogens (tertiary/aromatic N) is 2. The topological polar surface area (TPSA) is 61.6 Å². The zero-order valence-corrected chi connectivity index (χ0v) is 25.6. The highest BCUT2D eigenvalue weighted by atomic mass is 16.5. The SMILES string of the molecule is c1ccc(C[C@H]2COC(c3ccccc3OCc3cccc(COc4ccccc4C4=N[C@@H](Cc5ccccc5)CO4)c3)=N2)cc1. The van der Waals surface area contributed by atoms with E-state index < -0.39 is 0 Å². The number of para-hydroxylation sites is 2. The molecule has 0 bridgehead atoms. The van der Waals surface area contributed by atoms with Gasteiger partial charge in [-0.3, -0.25) is 0 Å². The van der Waals surface area contributed by atoms with E-state index in [4.69, 9.17) is 28.9 Å². The quantitative estimate of drug-likeness (QED) is 0.146. The summed E-state index contributed by atoms with van der Waals surface area (Å²) in [6.07, 6.45) is 1.70. The Hall–Kier alpha value is -5.36. The van der Waals surface area contributed by atoms with Crippen molar-refractivity contribution in [3.05, 3.63) is 167 Å². The van der Waals surface area contributed by atoms with Gasteiger partial charge >= 0.3 is 0 Å². The van der Waals surface area contributed by atoms with Crippen molar-refractivity contribution in [2.24, 2.45) is 9.98 Å². The maximum atomic E-state index is 6.31. The summed E-state index contributed by atoms with van der Waals surface area (Å²) in [4.78, 5) is 9.75. The molecule has 2 aliphatic heterocycles. The van der Waals surface area contributed by atoms with E-state index in [0.29, 0.717) is 38.2 Å². The first-order valence-electron chi connectivity index (χ1n) is 15.8. The lowest BCUT2D eigenvalue weighted by Gasteiger charge is -2.13. The predicted molar refractivity (Wildman–Crippen MR) is 181 cm³/mol. The Morgan fingerprint density at radius 2 is 0.891 bits per heavy atom. The maximum absolute atomic E-state index is 6.31. The van der Waals surface area contributed by atoms with Crippen molar-refractivity contribution in [3.8, 4) is 11.5 Å². The first-order chi connectivity index (χ1) is 22.8. The molecule has 0 amide bonds. The largest absolute Gasteiger partial charge is 0.488 e. The summed E-state index contributed by atoms with van der Waals surface area (Å²) >= 11 is 0. The Labute approximate surface area is 270 Å². The Kier molecular flexibility index (Phi) is 9.04. The van der Waals surface area contributed by atoms with Crippen LogP contribution in [-0.4, -0.2) is 37.1 Å². The van der Waals surface area contributed by atoms with Crippen LogP contribution in [0.4, 0.5) is 0 Å². The molecule has 5 aromatic rings. The second kappa shape index (κ2) is 14.2. The minimum absolute atomic E-state index is 0.0929. The number of rotatable bonds is 12. The fourth-order valence-electron chi connectivity index (χ4n) is 5.78. The van der Waals surface area contributed by atoms with Crippen molar-refractivity contribution in [2.45, 2.75) is 38.1 Å². The Morgan fingerprint density at radius 1 is 0.478 bits per heavy atom. The van der Waals surface area contributed by atoms with Crippen molar-refractivity contribution in [2.75, 3.05) is 13.2 Å². The normalized spacial score (nSPS) is 17.0. The molecule has 0 aromatic heterocycles. The monoisotopic (exact) mass is 608 g/mol. The van der Waals surface area contributed by atoms with Crippen LogP contribution in [0.2, 0.25) is 0 Å². The van der Waals surface area contributed by atoms with Crippen LogP contribution in [0, 0.1) is 0 Å².